The zero-order valence-electron chi connectivity index (χ0n) is 11.1. The number of aromatic nitrogens is 2. The lowest BCUT2D eigenvalue weighted by Gasteiger charge is -2.43. The summed E-state index contributed by atoms with van der Waals surface area (Å²) in [6, 6.07) is 0. The van der Waals surface area contributed by atoms with Crippen molar-refractivity contribution >= 4 is 5.82 Å². The molecule has 1 aromatic rings. The van der Waals surface area contributed by atoms with Gasteiger partial charge in [-0.2, -0.15) is 4.98 Å². The van der Waals surface area contributed by atoms with Crippen molar-refractivity contribution in [3.05, 3.63) is 16.7 Å². The van der Waals surface area contributed by atoms with Crippen LogP contribution in [-0.4, -0.2) is 79.8 Å². The standard InChI is InChI=1S/C11H17N3O7/c1-14(9-4(16)2-12-11(20)13-9)10-8(19)7(18)6(17)5(3-15)21-10/h2,5-8,10,15-19H,3H2,1H3,(H,12,13,20)/t5-,6-,7+,8-,10?/m1/s1. The summed E-state index contributed by atoms with van der Waals surface area (Å²) in [6.07, 6.45) is -5.94. The molecule has 0 bridgehead atoms. The van der Waals surface area contributed by atoms with E-state index in [0.29, 0.717) is 0 Å². The molecule has 2 heterocycles. The van der Waals surface area contributed by atoms with Crippen LogP contribution < -0.4 is 10.6 Å². The van der Waals surface area contributed by atoms with Gasteiger partial charge in [0.25, 0.3) is 0 Å². The Morgan fingerprint density at radius 1 is 1.33 bits per heavy atom. The summed E-state index contributed by atoms with van der Waals surface area (Å²) in [4.78, 5) is 18.0. The normalized spacial score (nSPS) is 32.9. The van der Waals surface area contributed by atoms with Crippen LogP contribution in [0.5, 0.6) is 5.75 Å². The summed E-state index contributed by atoms with van der Waals surface area (Å²) in [5.74, 6) is -0.451. The zero-order valence-corrected chi connectivity index (χ0v) is 11.1. The molecule has 0 saturated carbocycles. The second-order valence-electron chi connectivity index (χ2n) is 4.75. The van der Waals surface area contributed by atoms with E-state index in [9.17, 15) is 25.2 Å². The van der Waals surface area contributed by atoms with E-state index in [1.54, 1.807) is 0 Å². The molecule has 1 aliphatic rings. The topological polar surface area (TPSA) is 159 Å². The lowest BCUT2D eigenvalue weighted by molar-refractivity contribution is -0.228. The van der Waals surface area contributed by atoms with Gasteiger partial charge in [-0.1, -0.05) is 0 Å². The molecule has 21 heavy (non-hydrogen) atoms. The molecule has 0 radical (unpaired) electrons. The van der Waals surface area contributed by atoms with Gasteiger partial charge in [0, 0.05) is 7.05 Å². The average Bonchev–Trinajstić information content (AvgIpc) is 2.47. The Hall–Kier alpha value is -1.72. The number of hydrogen-bond acceptors (Lipinski definition) is 9. The fourth-order valence-corrected chi connectivity index (χ4v) is 2.18. The van der Waals surface area contributed by atoms with Crippen LogP contribution in [-0.2, 0) is 4.74 Å². The summed E-state index contributed by atoms with van der Waals surface area (Å²) < 4.78 is 5.30. The zero-order chi connectivity index (χ0) is 15.7. The molecule has 0 aromatic carbocycles. The Bertz CT molecular complexity index is 549. The van der Waals surface area contributed by atoms with Gasteiger partial charge in [-0.3, -0.25) is 4.98 Å². The first-order chi connectivity index (χ1) is 9.86. The number of anilines is 1. The summed E-state index contributed by atoms with van der Waals surface area (Å²) >= 11 is 0. The maximum absolute atomic E-state index is 11.2. The van der Waals surface area contributed by atoms with E-state index in [2.05, 4.69) is 9.97 Å². The lowest BCUT2D eigenvalue weighted by Crippen LogP contribution is -2.63. The van der Waals surface area contributed by atoms with Crippen LogP contribution in [0.2, 0.25) is 0 Å². The molecule has 118 valence electrons. The third-order valence-corrected chi connectivity index (χ3v) is 3.37. The number of aromatic amines is 1. The van der Waals surface area contributed by atoms with Gasteiger partial charge in [0.2, 0.25) is 0 Å². The van der Waals surface area contributed by atoms with Crippen LogP contribution in [0, 0.1) is 0 Å². The monoisotopic (exact) mass is 303 g/mol. The van der Waals surface area contributed by atoms with E-state index >= 15 is 0 Å². The number of nitrogens with one attached hydrogen (secondary N) is 1. The number of aliphatic hydroxyl groups is 4. The predicted octanol–water partition coefficient (Wildman–Crippen LogP) is -3.29. The van der Waals surface area contributed by atoms with Crippen LogP contribution >= 0.6 is 0 Å². The van der Waals surface area contributed by atoms with Crippen molar-refractivity contribution in [2.24, 2.45) is 0 Å². The molecule has 1 aliphatic heterocycles. The second-order valence-corrected chi connectivity index (χ2v) is 4.75. The predicted molar refractivity (Wildman–Crippen MR) is 68.7 cm³/mol. The van der Waals surface area contributed by atoms with E-state index < -0.39 is 42.9 Å². The van der Waals surface area contributed by atoms with Crippen molar-refractivity contribution in [3.63, 3.8) is 0 Å². The minimum Gasteiger partial charge on any atom is -0.503 e. The van der Waals surface area contributed by atoms with Crippen molar-refractivity contribution in [1.29, 1.82) is 0 Å². The number of aromatic hydroxyl groups is 1. The number of rotatable bonds is 3. The van der Waals surface area contributed by atoms with E-state index in [0.717, 1.165) is 6.20 Å². The molecule has 2 rings (SSSR count). The van der Waals surface area contributed by atoms with Crippen LogP contribution in [0.25, 0.3) is 0 Å². The summed E-state index contributed by atoms with van der Waals surface area (Å²) in [5, 5.41) is 48.2. The second kappa shape index (κ2) is 5.95. The molecule has 1 saturated heterocycles. The maximum atomic E-state index is 11.2. The van der Waals surface area contributed by atoms with Gasteiger partial charge in [-0.05, 0) is 0 Å². The molecular weight excluding hydrogens is 286 g/mol. The number of hydrogen-bond donors (Lipinski definition) is 6. The van der Waals surface area contributed by atoms with Crippen molar-refractivity contribution in [1.82, 2.24) is 9.97 Å². The highest BCUT2D eigenvalue weighted by molar-refractivity contribution is 5.49. The molecule has 0 aliphatic carbocycles. The SMILES string of the molecule is CN(c1[nH]c(=O)ncc1O)C1O[C@H](CO)[C@@H](O)[C@H](O)[C@H]1O. The van der Waals surface area contributed by atoms with Gasteiger partial charge >= 0.3 is 5.69 Å². The Labute approximate surface area is 118 Å². The van der Waals surface area contributed by atoms with Crippen LogP contribution in [0.4, 0.5) is 5.82 Å². The maximum Gasteiger partial charge on any atom is 0.346 e. The largest absolute Gasteiger partial charge is 0.503 e. The minimum absolute atomic E-state index is 0.0840. The van der Waals surface area contributed by atoms with Gasteiger partial charge in [0.05, 0.1) is 12.8 Å². The van der Waals surface area contributed by atoms with Crippen molar-refractivity contribution < 1.29 is 30.3 Å². The number of likely N-dealkylation sites (N-methyl/N-ethyl adjacent to an activating group) is 1. The van der Waals surface area contributed by atoms with Crippen LogP contribution in [0.15, 0.2) is 11.0 Å². The number of ether oxygens (including phenoxy) is 1. The van der Waals surface area contributed by atoms with Gasteiger partial charge < -0.3 is 35.2 Å². The van der Waals surface area contributed by atoms with Crippen molar-refractivity contribution in [2.45, 2.75) is 30.6 Å². The quantitative estimate of drug-likeness (QED) is 0.336. The van der Waals surface area contributed by atoms with Crippen molar-refractivity contribution in [2.75, 3.05) is 18.6 Å². The van der Waals surface area contributed by atoms with Gasteiger partial charge in [-0.25, -0.2) is 4.79 Å². The average molecular weight is 303 g/mol. The Kier molecular flexibility index (Phi) is 4.44. The highest BCUT2D eigenvalue weighted by Gasteiger charge is 2.45. The summed E-state index contributed by atoms with van der Waals surface area (Å²) in [5.41, 5.74) is -0.723. The first-order valence-corrected chi connectivity index (χ1v) is 6.18. The fourth-order valence-electron chi connectivity index (χ4n) is 2.18. The smallest absolute Gasteiger partial charge is 0.346 e. The first-order valence-electron chi connectivity index (χ1n) is 6.18. The molecule has 1 fully saturated rings. The third-order valence-electron chi connectivity index (χ3n) is 3.37. The fraction of sp³-hybridized carbons (Fsp3) is 0.636. The molecule has 0 spiro atoms. The van der Waals surface area contributed by atoms with Gasteiger partial charge in [0.15, 0.2) is 17.8 Å². The van der Waals surface area contributed by atoms with Crippen LogP contribution in [0.3, 0.4) is 0 Å². The van der Waals surface area contributed by atoms with E-state index in [-0.39, 0.29) is 11.6 Å². The molecule has 10 heteroatoms. The van der Waals surface area contributed by atoms with Gasteiger partial charge in [0.1, 0.15) is 24.4 Å². The van der Waals surface area contributed by atoms with E-state index in [4.69, 9.17) is 9.84 Å². The molecule has 10 nitrogen and oxygen atoms in total. The van der Waals surface area contributed by atoms with Crippen LogP contribution in [0.1, 0.15) is 0 Å². The number of nitrogens with zero attached hydrogens (tertiary/aromatic N) is 2. The number of aliphatic hydroxyl groups excluding tert-OH is 4. The van der Waals surface area contributed by atoms with Crippen molar-refractivity contribution in [3.8, 4) is 5.75 Å². The third kappa shape index (κ3) is 2.84. The Balaban J connectivity index is 2.31. The highest BCUT2D eigenvalue weighted by atomic mass is 16.6. The molecule has 1 aromatic heterocycles. The summed E-state index contributed by atoms with van der Waals surface area (Å²) in [6.45, 7) is -0.575. The Morgan fingerprint density at radius 3 is 2.62 bits per heavy atom. The molecule has 1 unspecified atom stereocenters. The molecule has 6 N–H and O–H groups in total. The number of H-pyrrole nitrogens is 1. The van der Waals surface area contributed by atoms with E-state index in [1.165, 1.54) is 11.9 Å². The summed E-state index contributed by atoms with van der Waals surface area (Å²) in [7, 11) is 1.39. The van der Waals surface area contributed by atoms with E-state index in [1.807, 2.05) is 0 Å². The lowest BCUT2D eigenvalue weighted by atomic mass is 9.98. The molecule has 5 atom stereocenters. The first kappa shape index (κ1) is 15.7. The Morgan fingerprint density at radius 2 is 2.00 bits per heavy atom. The highest BCUT2D eigenvalue weighted by Crippen LogP contribution is 2.28. The molecular formula is C11H17N3O7. The van der Waals surface area contributed by atoms with Gasteiger partial charge in [-0.15, -0.1) is 0 Å². The molecule has 0 amide bonds. The minimum atomic E-state index is -1.56.